The van der Waals surface area contributed by atoms with Crippen molar-refractivity contribution in [3.8, 4) is 5.75 Å². The van der Waals surface area contributed by atoms with Gasteiger partial charge < -0.3 is 20.3 Å². The van der Waals surface area contributed by atoms with E-state index >= 15 is 0 Å². The number of amides is 3. The maximum atomic E-state index is 13.4. The summed E-state index contributed by atoms with van der Waals surface area (Å²) in [5.74, 6) is -0.366. The summed E-state index contributed by atoms with van der Waals surface area (Å²) < 4.78 is 9.20. The zero-order valence-corrected chi connectivity index (χ0v) is 25.6. The van der Waals surface area contributed by atoms with Gasteiger partial charge in [-0.25, -0.2) is 4.98 Å². The van der Waals surface area contributed by atoms with Crippen LogP contribution in [-0.4, -0.2) is 72.9 Å². The molecule has 1 atom stereocenters. The van der Waals surface area contributed by atoms with Crippen LogP contribution in [0.4, 0.5) is 0 Å². The number of para-hydroxylation sites is 1. The monoisotopic (exact) mass is 614 g/mol. The fraction of sp³-hybridized carbons (Fsp3) is 0.406. The molecule has 236 valence electrons. The molecule has 0 saturated heterocycles. The van der Waals surface area contributed by atoms with E-state index < -0.39 is 11.9 Å². The predicted octanol–water partition coefficient (Wildman–Crippen LogP) is 2.21. The lowest BCUT2D eigenvalue weighted by Gasteiger charge is -2.22. The first-order valence-corrected chi connectivity index (χ1v) is 15.2. The van der Waals surface area contributed by atoms with Crippen molar-refractivity contribution in [1.29, 1.82) is 0 Å². The van der Waals surface area contributed by atoms with Crippen molar-refractivity contribution >= 4 is 28.6 Å². The van der Waals surface area contributed by atoms with Crippen molar-refractivity contribution in [2.24, 2.45) is 0 Å². The average molecular weight is 615 g/mol. The molecule has 2 bridgehead atoms. The molecule has 2 aromatic heterocycles. The lowest BCUT2D eigenvalue weighted by atomic mass is 10.1. The van der Waals surface area contributed by atoms with Crippen molar-refractivity contribution in [1.82, 2.24) is 40.1 Å². The highest BCUT2D eigenvalue weighted by Crippen LogP contribution is 2.21. The quantitative estimate of drug-likeness (QED) is 0.355. The molecule has 45 heavy (non-hydrogen) atoms. The van der Waals surface area contributed by atoms with Crippen LogP contribution in [0.1, 0.15) is 54.2 Å². The van der Waals surface area contributed by atoms with Crippen molar-refractivity contribution in [3.63, 3.8) is 0 Å². The summed E-state index contributed by atoms with van der Waals surface area (Å²) in [7, 11) is 0. The van der Waals surface area contributed by atoms with E-state index in [-0.39, 0.29) is 30.3 Å². The van der Waals surface area contributed by atoms with Gasteiger partial charge in [-0.1, -0.05) is 23.4 Å². The first-order chi connectivity index (χ1) is 21.8. The number of aryl methyl sites for hydroxylation is 3. The number of benzene rings is 2. The van der Waals surface area contributed by atoms with Crippen LogP contribution < -0.4 is 20.9 Å². The van der Waals surface area contributed by atoms with E-state index in [0.29, 0.717) is 80.0 Å². The number of carbonyl (C=O) groups is 3. The van der Waals surface area contributed by atoms with E-state index in [4.69, 9.17) is 4.74 Å². The van der Waals surface area contributed by atoms with Crippen LogP contribution in [0.3, 0.4) is 0 Å². The molecule has 0 saturated carbocycles. The van der Waals surface area contributed by atoms with Gasteiger partial charge in [0.25, 0.3) is 11.5 Å². The summed E-state index contributed by atoms with van der Waals surface area (Å²) in [6.07, 6.45) is 5.11. The number of rotatable bonds is 4. The Kier molecular flexibility index (Phi) is 10.2. The van der Waals surface area contributed by atoms with Gasteiger partial charge in [0, 0.05) is 39.0 Å². The molecule has 0 unspecified atom stereocenters. The Bertz CT molecular complexity index is 1730. The third-order valence-electron chi connectivity index (χ3n) is 7.63. The lowest BCUT2D eigenvalue weighted by molar-refractivity contribution is -0.132. The van der Waals surface area contributed by atoms with E-state index in [2.05, 4.69) is 25.9 Å². The van der Waals surface area contributed by atoms with Crippen LogP contribution >= 0.6 is 0 Å². The van der Waals surface area contributed by atoms with Gasteiger partial charge in [0.2, 0.25) is 11.8 Å². The van der Waals surface area contributed by atoms with Gasteiger partial charge in [-0.2, -0.15) is 0 Å². The highest BCUT2D eigenvalue weighted by atomic mass is 16.5. The molecule has 13 heteroatoms. The second-order valence-corrected chi connectivity index (χ2v) is 11.2. The summed E-state index contributed by atoms with van der Waals surface area (Å²) >= 11 is 0. The average Bonchev–Trinajstić information content (AvgIpc) is 3.48. The normalized spacial score (nSPS) is 16.8. The predicted molar refractivity (Wildman–Crippen MR) is 167 cm³/mol. The number of carbonyl (C=O) groups excluding carboxylic acids is 3. The Hall–Kier alpha value is -5.07. The van der Waals surface area contributed by atoms with E-state index in [1.165, 1.54) is 10.9 Å². The van der Waals surface area contributed by atoms with Crippen LogP contribution in [0.25, 0.3) is 10.9 Å². The topological polar surface area (TPSA) is 153 Å². The molecule has 1 aliphatic rings. The molecule has 13 nitrogen and oxygen atoms in total. The molecule has 3 heterocycles. The van der Waals surface area contributed by atoms with E-state index in [0.717, 1.165) is 5.56 Å². The van der Waals surface area contributed by atoms with Gasteiger partial charge in [0.15, 0.2) is 0 Å². The van der Waals surface area contributed by atoms with E-state index in [1.54, 1.807) is 46.8 Å². The summed E-state index contributed by atoms with van der Waals surface area (Å²) in [6, 6.07) is 11.7. The van der Waals surface area contributed by atoms with Crippen molar-refractivity contribution in [3.05, 3.63) is 82.2 Å². The maximum absolute atomic E-state index is 13.4. The summed E-state index contributed by atoms with van der Waals surface area (Å²) in [6.45, 7) is 5.74. The number of hydrogen-bond acceptors (Lipinski definition) is 8. The third kappa shape index (κ3) is 8.11. The number of hydrogen-bond donors (Lipinski definition) is 2. The first-order valence-electron chi connectivity index (χ1n) is 15.2. The molecule has 2 N–H and O–H groups in total. The number of ether oxygens (including phenoxy) is 1. The Morgan fingerprint density at radius 1 is 1.09 bits per heavy atom. The standard InChI is InChI=1S/C32H38N8O5/c1-22-11-12-26-28(18-22)45-17-7-16-40-20-24(36-37-40)19-38(15-6-13-33-30(42)23(2)35-31(26)43)29(41)10-5-14-39-21-34-27-9-4-3-8-25(27)32(39)44/h3-4,8-9,11-12,18,20-21,23H,5-7,10,13-17,19H2,1-2H3,(H,33,42)(H,35,43)/t23-/m1/s1. The maximum Gasteiger partial charge on any atom is 0.261 e. The molecule has 2 aromatic carbocycles. The number of aromatic nitrogens is 5. The molecule has 0 aliphatic carbocycles. The van der Waals surface area contributed by atoms with E-state index in [1.807, 2.05) is 25.3 Å². The fourth-order valence-corrected chi connectivity index (χ4v) is 5.15. The lowest BCUT2D eigenvalue weighted by Crippen LogP contribution is -2.45. The molecule has 3 amide bonds. The first kappa shape index (κ1) is 31.4. The van der Waals surface area contributed by atoms with Gasteiger partial charge >= 0.3 is 0 Å². The smallest absolute Gasteiger partial charge is 0.261 e. The molecule has 0 radical (unpaired) electrons. The van der Waals surface area contributed by atoms with Gasteiger partial charge in [0.1, 0.15) is 17.5 Å². The minimum Gasteiger partial charge on any atom is -0.493 e. The van der Waals surface area contributed by atoms with Gasteiger partial charge in [-0.15, -0.1) is 5.10 Å². The molecular formula is C32H38N8O5. The second kappa shape index (κ2) is 14.6. The summed E-state index contributed by atoms with van der Waals surface area (Å²) in [4.78, 5) is 58.0. The molecule has 5 rings (SSSR count). The van der Waals surface area contributed by atoms with Crippen molar-refractivity contribution < 1.29 is 19.1 Å². The van der Waals surface area contributed by atoms with Gasteiger partial charge in [-0.3, -0.25) is 28.4 Å². The molecule has 1 aliphatic heterocycles. The molecular weight excluding hydrogens is 576 g/mol. The summed E-state index contributed by atoms with van der Waals surface area (Å²) in [5.41, 5.74) is 2.45. The highest BCUT2D eigenvalue weighted by molar-refractivity contribution is 5.99. The minimum absolute atomic E-state index is 0.0920. The second-order valence-electron chi connectivity index (χ2n) is 11.2. The number of nitrogens with zero attached hydrogens (tertiary/aromatic N) is 6. The highest BCUT2D eigenvalue weighted by Gasteiger charge is 2.21. The SMILES string of the molecule is Cc1ccc2c(c1)OCCCn1cc(nn1)CN(C(=O)CCCn1cnc3ccccc3c1=O)CCCNC(=O)[C@@H](C)NC2=O. The third-order valence-corrected chi connectivity index (χ3v) is 7.63. The fourth-order valence-electron chi connectivity index (χ4n) is 5.15. The van der Waals surface area contributed by atoms with Crippen LogP contribution in [0, 0.1) is 6.92 Å². The van der Waals surface area contributed by atoms with Crippen molar-refractivity contribution in [2.75, 3.05) is 19.7 Å². The van der Waals surface area contributed by atoms with Crippen LogP contribution in [0.5, 0.6) is 5.75 Å². The zero-order chi connectivity index (χ0) is 31.8. The molecule has 4 aromatic rings. The zero-order valence-electron chi connectivity index (χ0n) is 25.6. The molecule has 0 fully saturated rings. The largest absolute Gasteiger partial charge is 0.493 e. The summed E-state index contributed by atoms with van der Waals surface area (Å²) in [5, 5.41) is 14.6. The van der Waals surface area contributed by atoms with Gasteiger partial charge in [-0.05, 0) is 56.5 Å². The number of nitrogens with one attached hydrogen (secondary N) is 2. The van der Waals surface area contributed by atoms with Crippen molar-refractivity contribution in [2.45, 2.75) is 65.2 Å². The van der Waals surface area contributed by atoms with E-state index in [9.17, 15) is 19.2 Å². The van der Waals surface area contributed by atoms with Crippen LogP contribution in [0.2, 0.25) is 0 Å². The Labute approximate surface area is 260 Å². The number of fused-ring (bicyclic) bond motifs is 4. The minimum atomic E-state index is -0.770. The Morgan fingerprint density at radius 2 is 1.93 bits per heavy atom. The Morgan fingerprint density at radius 3 is 2.80 bits per heavy atom. The van der Waals surface area contributed by atoms with Gasteiger partial charge in [0.05, 0.1) is 42.1 Å². The molecule has 0 spiro atoms. The Balaban J connectivity index is 1.25. The van der Waals surface area contributed by atoms with Crippen LogP contribution in [0.15, 0.2) is 59.8 Å². The van der Waals surface area contributed by atoms with Crippen LogP contribution in [-0.2, 0) is 29.2 Å².